The van der Waals surface area contributed by atoms with Crippen molar-refractivity contribution in [1.29, 1.82) is 0 Å². The molecule has 1 heterocycles. The lowest BCUT2D eigenvalue weighted by atomic mass is 9.90. The molecule has 0 saturated carbocycles. The third kappa shape index (κ3) is 4.84. The first-order valence-corrected chi connectivity index (χ1v) is 7.12. The van der Waals surface area contributed by atoms with Crippen LogP contribution in [0.2, 0.25) is 0 Å². The lowest BCUT2D eigenvalue weighted by molar-refractivity contribution is -0.143. The molecule has 0 aliphatic carbocycles. The average Bonchev–Trinajstić information content (AvgIpc) is 2.24. The molecule has 4 nitrogen and oxygen atoms in total. The highest BCUT2D eigenvalue weighted by molar-refractivity contribution is 5.84. The SMILES string of the molecule is CC(C)(C)NC(=O)[C@@H]1CCCN(C(=O)C(C)(C)C)C1. The van der Waals surface area contributed by atoms with Gasteiger partial charge in [0.05, 0.1) is 5.92 Å². The third-order valence-electron chi connectivity index (χ3n) is 3.22. The van der Waals surface area contributed by atoms with Crippen LogP contribution in [-0.4, -0.2) is 35.3 Å². The molecule has 0 unspecified atom stereocenters. The summed E-state index contributed by atoms with van der Waals surface area (Å²) in [4.78, 5) is 26.3. The molecular weight excluding hydrogens is 240 g/mol. The van der Waals surface area contributed by atoms with E-state index in [9.17, 15) is 9.59 Å². The molecule has 0 spiro atoms. The predicted octanol–water partition coefficient (Wildman–Crippen LogP) is 2.19. The number of carbonyl (C=O) groups excluding carboxylic acids is 2. The maximum atomic E-state index is 12.3. The second-order valence-electron chi connectivity index (χ2n) is 7.58. The summed E-state index contributed by atoms with van der Waals surface area (Å²) in [6.45, 7) is 13.0. The van der Waals surface area contributed by atoms with Gasteiger partial charge in [0.15, 0.2) is 0 Å². The van der Waals surface area contributed by atoms with Gasteiger partial charge in [-0.3, -0.25) is 9.59 Å². The van der Waals surface area contributed by atoms with Gasteiger partial charge in [0.1, 0.15) is 0 Å². The number of likely N-dealkylation sites (tertiary alicyclic amines) is 1. The van der Waals surface area contributed by atoms with Crippen LogP contribution in [0.15, 0.2) is 0 Å². The van der Waals surface area contributed by atoms with Crippen molar-refractivity contribution in [2.45, 2.75) is 59.9 Å². The van der Waals surface area contributed by atoms with Crippen molar-refractivity contribution in [3.8, 4) is 0 Å². The Hall–Kier alpha value is -1.06. The second kappa shape index (κ2) is 5.51. The van der Waals surface area contributed by atoms with Crippen LogP contribution in [0.5, 0.6) is 0 Å². The zero-order valence-corrected chi connectivity index (χ0v) is 13.2. The first kappa shape index (κ1) is 16.0. The Bertz CT molecular complexity index is 350. The standard InChI is InChI=1S/C15H28N2O2/c1-14(2,3)13(19)17-9-7-8-11(10-17)12(18)16-15(4,5)6/h11H,7-10H2,1-6H3,(H,16,18)/t11-/m1/s1. The lowest BCUT2D eigenvalue weighted by Crippen LogP contribution is -2.51. The highest BCUT2D eigenvalue weighted by atomic mass is 16.2. The highest BCUT2D eigenvalue weighted by Gasteiger charge is 2.34. The molecule has 1 rings (SSSR count). The number of rotatable bonds is 1. The molecule has 1 atom stereocenters. The number of hydrogen-bond donors (Lipinski definition) is 1. The summed E-state index contributed by atoms with van der Waals surface area (Å²) in [5.74, 6) is 0.138. The molecule has 4 heteroatoms. The fraction of sp³-hybridized carbons (Fsp3) is 0.867. The normalized spacial score (nSPS) is 21.2. The van der Waals surface area contributed by atoms with Gasteiger partial charge in [0, 0.05) is 24.0 Å². The Balaban J connectivity index is 2.65. The summed E-state index contributed by atoms with van der Waals surface area (Å²) >= 11 is 0. The van der Waals surface area contributed by atoms with Crippen molar-refractivity contribution in [2.75, 3.05) is 13.1 Å². The van der Waals surface area contributed by atoms with E-state index in [0.717, 1.165) is 19.4 Å². The van der Waals surface area contributed by atoms with Crippen molar-refractivity contribution >= 4 is 11.8 Å². The molecule has 0 aromatic rings. The Morgan fingerprint density at radius 2 is 1.68 bits per heavy atom. The molecule has 1 N–H and O–H groups in total. The molecule has 0 aromatic carbocycles. The predicted molar refractivity (Wildman–Crippen MR) is 76.7 cm³/mol. The third-order valence-corrected chi connectivity index (χ3v) is 3.22. The number of hydrogen-bond acceptors (Lipinski definition) is 2. The van der Waals surface area contributed by atoms with Gasteiger partial charge in [-0.2, -0.15) is 0 Å². The van der Waals surface area contributed by atoms with Crippen LogP contribution in [0, 0.1) is 11.3 Å². The van der Waals surface area contributed by atoms with Crippen LogP contribution in [-0.2, 0) is 9.59 Å². The highest BCUT2D eigenvalue weighted by Crippen LogP contribution is 2.23. The smallest absolute Gasteiger partial charge is 0.227 e. The van der Waals surface area contributed by atoms with Crippen molar-refractivity contribution in [2.24, 2.45) is 11.3 Å². The first-order valence-electron chi connectivity index (χ1n) is 7.12. The summed E-state index contributed by atoms with van der Waals surface area (Å²) < 4.78 is 0. The molecule has 19 heavy (non-hydrogen) atoms. The van der Waals surface area contributed by atoms with Crippen molar-refractivity contribution in [3.05, 3.63) is 0 Å². The molecule has 1 aliphatic heterocycles. The van der Waals surface area contributed by atoms with Gasteiger partial charge >= 0.3 is 0 Å². The van der Waals surface area contributed by atoms with Crippen molar-refractivity contribution < 1.29 is 9.59 Å². The molecule has 1 aliphatic rings. The fourth-order valence-electron chi connectivity index (χ4n) is 2.32. The number of nitrogens with zero attached hydrogens (tertiary/aromatic N) is 1. The molecule has 0 aromatic heterocycles. The summed E-state index contributed by atoms with van der Waals surface area (Å²) in [7, 11) is 0. The molecule has 1 saturated heterocycles. The van der Waals surface area contributed by atoms with Gasteiger partial charge in [-0.05, 0) is 33.6 Å². The van der Waals surface area contributed by atoms with E-state index in [4.69, 9.17) is 0 Å². The number of piperidine rings is 1. The van der Waals surface area contributed by atoms with E-state index in [0.29, 0.717) is 6.54 Å². The molecule has 1 fully saturated rings. The molecule has 0 bridgehead atoms. The summed E-state index contributed by atoms with van der Waals surface area (Å²) in [6.07, 6.45) is 1.78. The molecule has 110 valence electrons. The molecular formula is C15H28N2O2. The van der Waals surface area contributed by atoms with Gasteiger partial charge in [0.2, 0.25) is 11.8 Å². The van der Waals surface area contributed by atoms with Crippen molar-refractivity contribution in [1.82, 2.24) is 10.2 Å². The topological polar surface area (TPSA) is 49.4 Å². The maximum absolute atomic E-state index is 12.3. The maximum Gasteiger partial charge on any atom is 0.227 e. The van der Waals surface area contributed by atoms with Crippen LogP contribution in [0.1, 0.15) is 54.4 Å². The minimum atomic E-state index is -0.373. The second-order valence-corrected chi connectivity index (χ2v) is 7.58. The van der Waals surface area contributed by atoms with Gasteiger partial charge in [-0.1, -0.05) is 20.8 Å². The van der Waals surface area contributed by atoms with E-state index < -0.39 is 0 Å². The van der Waals surface area contributed by atoms with Crippen LogP contribution >= 0.6 is 0 Å². The summed E-state index contributed by atoms with van der Waals surface area (Å²) in [5.41, 5.74) is -0.588. The van der Waals surface area contributed by atoms with E-state index >= 15 is 0 Å². The van der Waals surface area contributed by atoms with Crippen molar-refractivity contribution in [3.63, 3.8) is 0 Å². The fourth-order valence-corrected chi connectivity index (χ4v) is 2.32. The average molecular weight is 268 g/mol. The van der Waals surface area contributed by atoms with Gasteiger partial charge in [0.25, 0.3) is 0 Å². The largest absolute Gasteiger partial charge is 0.351 e. The van der Waals surface area contributed by atoms with Crippen LogP contribution in [0.25, 0.3) is 0 Å². The number of amides is 2. The lowest BCUT2D eigenvalue weighted by Gasteiger charge is -2.36. The zero-order chi connectivity index (χ0) is 14.8. The Morgan fingerprint density at radius 1 is 1.11 bits per heavy atom. The van der Waals surface area contributed by atoms with Gasteiger partial charge in [-0.25, -0.2) is 0 Å². The van der Waals surface area contributed by atoms with E-state index in [1.807, 2.05) is 46.4 Å². The molecule has 2 amide bonds. The van der Waals surface area contributed by atoms with E-state index in [1.165, 1.54) is 0 Å². The van der Waals surface area contributed by atoms with Crippen LogP contribution in [0.4, 0.5) is 0 Å². The molecule has 0 radical (unpaired) electrons. The summed E-state index contributed by atoms with van der Waals surface area (Å²) in [5, 5.41) is 3.01. The quantitative estimate of drug-likeness (QED) is 0.792. The Labute approximate surface area is 116 Å². The summed E-state index contributed by atoms with van der Waals surface area (Å²) in [6, 6.07) is 0. The number of nitrogens with one attached hydrogen (secondary N) is 1. The minimum Gasteiger partial charge on any atom is -0.351 e. The van der Waals surface area contributed by atoms with Crippen LogP contribution in [0.3, 0.4) is 0 Å². The van der Waals surface area contributed by atoms with Gasteiger partial charge in [-0.15, -0.1) is 0 Å². The van der Waals surface area contributed by atoms with E-state index in [2.05, 4.69) is 5.32 Å². The van der Waals surface area contributed by atoms with Crippen LogP contribution < -0.4 is 5.32 Å². The number of carbonyl (C=O) groups is 2. The van der Waals surface area contributed by atoms with E-state index in [1.54, 1.807) is 0 Å². The monoisotopic (exact) mass is 268 g/mol. The Morgan fingerprint density at radius 3 is 2.16 bits per heavy atom. The minimum absolute atomic E-state index is 0.0684. The van der Waals surface area contributed by atoms with Gasteiger partial charge < -0.3 is 10.2 Å². The Kier molecular flexibility index (Phi) is 4.64. The van der Waals surface area contributed by atoms with E-state index in [-0.39, 0.29) is 28.7 Å². The first-order chi connectivity index (χ1) is 8.50. The zero-order valence-electron chi connectivity index (χ0n) is 13.2.